The second-order valence-electron chi connectivity index (χ2n) is 6.81. The van der Waals surface area contributed by atoms with E-state index in [9.17, 15) is 9.59 Å². The molecule has 0 radical (unpaired) electrons. The summed E-state index contributed by atoms with van der Waals surface area (Å²) in [5.74, 6) is 1.49. The SMILES string of the molecule is C=CCOc1cc2c(c(OC)c1OC)CCN1C(=O)C3(C=CC(=O)C=C3)C=C21. The second-order valence-corrected chi connectivity index (χ2v) is 6.81. The molecule has 1 amide bonds. The van der Waals surface area contributed by atoms with Crippen molar-refractivity contribution < 1.29 is 23.8 Å². The molecule has 0 fully saturated rings. The number of hydrogen-bond donors (Lipinski definition) is 0. The fourth-order valence-corrected chi connectivity index (χ4v) is 3.96. The van der Waals surface area contributed by atoms with E-state index in [2.05, 4.69) is 6.58 Å². The molecule has 6 heteroatoms. The number of ether oxygens (including phenoxy) is 3. The number of methoxy groups -OCH3 is 2. The first kappa shape index (κ1) is 18.1. The monoisotopic (exact) mass is 379 g/mol. The molecular formula is C22H21NO5. The standard InChI is InChI=1S/C22H21NO5/c1-4-11-28-18-12-16-15(19(26-2)20(18)27-3)7-10-23-17(16)13-22(21(23)25)8-5-14(24)6-9-22/h4-6,8-9,12-13H,1,7,10-11H2,2-3H3. The van der Waals surface area contributed by atoms with Crippen LogP contribution in [-0.2, 0) is 16.0 Å². The summed E-state index contributed by atoms with van der Waals surface area (Å²) in [6.07, 6.45) is 10.4. The fourth-order valence-electron chi connectivity index (χ4n) is 3.96. The predicted molar refractivity (Wildman–Crippen MR) is 104 cm³/mol. The van der Waals surface area contributed by atoms with Crippen molar-refractivity contribution in [1.29, 1.82) is 0 Å². The quantitative estimate of drug-likeness (QED) is 0.736. The molecule has 1 aromatic carbocycles. The molecule has 144 valence electrons. The summed E-state index contributed by atoms with van der Waals surface area (Å²) >= 11 is 0. The highest BCUT2D eigenvalue weighted by atomic mass is 16.5. The zero-order valence-corrected chi connectivity index (χ0v) is 15.9. The summed E-state index contributed by atoms with van der Waals surface area (Å²) in [5.41, 5.74) is 1.71. The van der Waals surface area contributed by atoms with Gasteiger partial charge in [0, 0.05) is 23.4 Å². The summed E-state index contributed by atoms with van der Waals surface area (Å²) in [4.78, 5) is 26.4. The fraction of sp³-hybridized carbons (Fsp3) is 0.273. The van der Waals surface area contributed by atoms with Crippen molar-refractivity contribution >= 4 is 17.4 Å². The lowest BCUT2D eigenvalue weighted by Gasteiger charge is -2.31. The number of rotatable bonds is 5. The van der Waals surface area contributed by atoms with Gasteiger partial charge in [-0.2, -0.15) is 0 Å². The summed E-state index contributed by atoms with van der Waals surface area (Å²) in [6.45, 7) is 4.53. The topological polar surface area (TPSA) is 65.1 Å². The molecule has 1 aliphatic carbocycles. The molecule has 1 aromatic rings. The number of carbonyl (C=O) groups is 2. The number of benzene rings is 1. The van der Waals surface area contributed by atoms with Gasteiger partial charge < -0.3 is 19.1 Å². The van der Waals surface area contributed by atoms with Gasteiger partial charge in [0.05, 0.1) is 14.2 Å². The van der Waals surface area contributed by atoms with Gasteiger partial charge in [-0.3, -0.25) is 9.59 Å². The van der Waals surface area contributed by atoms with Crippen molar-refractivity contribution in [2.45, 2.75) is 6.42 Å². The van der Waals surface area contributed by atoms with E-state index in [-0.39, 0.29) is 11.7 Å². The molecule has 1 spiro atoms. The minimum atomic E-state index is -0.917. The van der Waals surface area contributed by atoms with Crippen LogP contribution in [0.2, 0.25) is 0 Å². The lowest BCUT2D eigenvalue weighted by Crippen LogP contribution is -2.37. The minimum Gasteiger partial charge on any atom is -0.492 e. The van der Waals surface area contributed by atoms with Gasteiger partial charge in [0.1, 0.15) is 12.0 Å². The van der Waals surface area contributed by atoms with E-state index < -0.39 is 5.41 Å². The van der Waals surface area contributed by atoms with Crippen LogP contribution in [0.15, 0.2) is 49.1 Å². The molecular weight excluding hydrogens is 358 g/mol. The van der Waals surface area contributed by atoms with Gasteiger partial charge in [-0.15, -0.1) is 0 Å². The normalized spacial score (nSPS) is 18.6. The van der Waals surface area contributed by atoms with E-state index >= 15 is 0 Å². The van der Waals surface area contributed by atoms with Gasteiger partial charge in [0.15, 0.2) is 17.3 Å². The van der Waals surface area contributed by atoms with E-state index in [1.54, 1.807) is 37.3 Å². The molecule has 0 unspecified atom stereocenters. The Bertz CT molecular complexity index is 954. The van der Waals surface area contributed by atoms with E-state index in [0.29, 0.717) is 36.8 Å². The Morgan fingerprint density at radius 3 is 2.54 bits per heavy atom. The minimum absolute atomic E-state index is 0.0588. The third kappa shape index (κ3) is 2.56. The third-order valence-electron chi connectivity index (χ3n) is 5.26. The molecule has 0 N–H and O–H groups in total. The number of nitrogens with zero attached hydrogens (tertiary/aromatic N) is 1. The van der Waals surface area contributed by atoms with Crippen LogP contribution in [0.25, 0.3) is 5.70 Å². The van der Waals surface area contributed by atoms with E-state index in [1.165, 1.54) is 12.2 Å². The smallest absolute Gasteiger partial charge is 0.244 e. The molecule has 2 aliphatic heterocycles. The van der Waals surface area contributed by atoms with Crippen molar-refractivity contribution in [2.24, 2.45) is 5.41 Å². The van der Waals surface area contributed by atoms with Crippen LogP contribution < -0.4 is 14.2 Å². The van der Waals surface area contributed by atoms with Gasteiger partial charge in [0.25, 0.3) is 0 Å². The number of allylic oxidation sites excluding steroid dienone is 2. The molecule has 6 nitrogen and oxygen atoms in total. The first-order valence-electron chi connectivity index (χ1n) is 9.04. The first-order valence-corrected chi connectivity index (χ1v) is 9.04. The lowest BCUT2D eigenvalue weighted by molar-refractivity contribution is -0.130. The zero-order chi connectivity index (χ0) is 19.9. The van der Waals surface area contributed by atoms with Crippen LogP contribution in [0, 0.1) is 5.41 Å². The summed E-state index contributed by atoms with van der Waals surface area (Å²) in [6, 6.07) is 1.88. The average molecular weight is 379 g/mol. The van der Waals surface area contributed by atoms with Crippen LogP contribution in [0.3, 0.4) is 0 Å². The Morgan fingerprint density at radius 2 is 1.89 bits per heavy atom. The summed E-state index contributed by atoms with van der Waals surface area (Å²) in [7, 11) is 3.16. The highest BCUT2D eigenvalue weighted by molar-refractivity contribution is 6.08. The summed E-state index contributed by atoms with van der Waals surface area (Å²) in [5, 5.41) is 0. The van der Waals surface area contributed by atoms with E-state index in [1.807, 2.05) is 12.1 Å². The largest absolute Gasteiger partial charge is 0.492 e. The molecule has 0 saturated carbocycles. The maximum Gasteiger partial charge on any atom is 0.244 e. The molecule has 0 saturated heterocycles. The van der Waals surface area contributed by atoms with Crippen molar-refractivity contribution in [2.75, 3.05) is 27.4 Å². The van der Waals surface area contributed by atoms with Gasteiger partial charge in [-0.25, -0.2) is 0 Å². The Hall–Kier alpha value is -3.28. The highest BCUT2D eigenvalue weighted by Gasteiger charge is 2.46. The first-order chi connectivity index (χ1) is 13.5. The Labute approximate surface area is 163 Å². The molecule has 3 aliphatic rings. The Balaban J connectivity index is 1.89. The van der Waals surface area contributed by atoms with Gasteiger partial charge in [-0.05, 0) is 30.7 Å². The van der Waals surface area contributed by atoms with E-state index in [4.69, 9.17) is 14.2 Å². The van der Waals surface area contributed by atoms with Crippen molar-refractivity contribution in [3.05, 3.63) is 60.2 Å². The zero-order valence-electron chi connectivity index (χ0n) is 15.9. The number of amides is 1. The molecule has 4 rings (SSSR count). The van der Waals surface area contributed by atoms with Gasteiger partial charge in [0.2, 0.25) is 11.7 Å². The molecule has 0 atom stereocenters. The van der Waals surface area contributed by atoms with Crippen LogP contribution in [-0.4, -0.2) is 44.0 Å². The van der Waals surface area contributed by atoms with Gasteiger partial charge in [-0.1, -0.05) is 24.8 Å². The van der Waals surface area contributed by atoms with Crippen molar-refractivity contribution in [3.63, 3.8) is 0 Å². The van der Waals surface area contributed by atoms with Crippen LogP contribution in [0.1, 0.15) is 11.1 Å². The average Bonchev–Trinajstić information content (AvgIpc) is 2.99. The third-order valence-corrected chi connectivity index (χ3v) is 5.26. The molecule has 0 bridgehead atoms. The Morgan fingerprint density at radius 1 is 1.18 bits per heavy atom. The maximum absolute atomic E-state index is 13.1. The molecule has 2 heterocycles. The number of fused-ring (bicyclic) bond motifs is 3. The van der Waals surface area contributed by atoms with Crippen molar-refractivity contribution in [1.82, 2.24) is 4.90 Å². The lowest BCUT2D eigenvalue weighted by atomic mass is 9.84. The number of carbonyl (C=O) groups excluding carboxylic acids is 2. The van der Waals surface area contributed by atoms with Gasteiger partial charge >= 0.3 is 0 Å². The van der Waals surface area contributed by atoms with E-state index in [0.717, 1.165) is 16.8 Å². The summed E-state index contributed by atoms with van der Waals surface area (Å²) < 4.78 is 17.0. The molecule has 0 aromatic heterocycles. The molecule has 28 heavy (non-hydrogen) atoms. The predicted octanol–water partition coefficient (Wildman–Crippen LogP) is 2.69. The number of hydrogen-bond acceptors (Lipinski definition) is 5. The van der Waals surface area contributed by atoms with Crippen LogP contribution in [0.4, 0.5) is 0 Å². The van der Waals surface area contributed by atoms with Crippen molar-refractivity contribution in [3.8, 4) is 17.2 Å². The van der Waals surface area contributed by atoms with Crippen LogP contribution in [0.5, 0.6) is 17.2 Å². The maximum atomic E-state index is 13.1. The van der Waals surface area contributed by atoms with Crippen LogP contribution >= 0.6 is 0 Å². The highest BCUT2D eigenvalue weighted by Crippen LogP contribution is 2.50. The number of ketones is 1. The Kier molecular flexibility index (Phi) is 4.34. The second kappa shape index (κ2) is 6.71.